The van der Waals surface area contributed by atoms with E-state index < -0.39 is 0 Å². The van der Waals surface area contributed by atoms with Crippen molar-refractivity contribution in [1.82, 2.24) is 10.2 Å². The molecule has 1 atom stereocenters. The van der Waals surface area contributed by atoms with Crippen LogP contribution in [0.5, 0.6) is 0 Å². The lowest BCUT2D eigenvalue weighted by Crippen LogP contribution is -2.49. The van der Waals surface area contributed by atoms with Crippen molar-refractivity contribution in [2.24, 2.45) is 0 Å². The van der Waals surface area contributed by atoms with E-state index in [-0.39, 0.29) is 12.4 Å². The molecule has 0 amide bonds. The van der Waals surface area contributed by atoms with Gasteiger partial charge in [-0.2, -0.15) is 0 Å². The van der Waals surface area contributed by atoms with E-state index in [0.717, 1.165) is 35.0 Å². The Labute approximate surface area is 120 Å². The molecule has 16 heavy (non-hydrogen) atoms. The second-order valence-corrected chi connectivity index (χ2v) is 6.45. The predicted molar refractivity (Wildman–Crippen MR) is 77.0 cm³/mol. The Morgan fingerprint density at radius 1 is 1.69 bits per heavy atom. The molecular weight excluding hydrogens is 331 g/mol. The Hall–Kier alpha value is 0.680. The number of thiophene rings is 1. The van der Waals surface area contributed by atoms with E-state index in [1.807, 2.05) is 0 Å². The largest absolute Gasteiger partial charge is 0.314 e. The maximum absolute atomic E-state index is 6.02. The van der Waals surface area contributed by atoms with Crippen molar-refractivity contribution < 1.29 is 0 Å². The Bertz CT molecular complexity index is 326. The van der Waals surface area contributed by atoms with E-state index in [2.05, 4.69) is 39.1 Å². The van der Waals surface area contributed by atoms with Crippen molar-refractivity contribution >= 4 is 51.3 Å². The minimum Gasteiger partial charge on any atom is -0.314 e. The van der Waals surface area contributed by atoms with Crippen LogP contribution >= 0.6 is 51.3 Å². The van der Waals surface area contributed by atoms with Gasteiger partial charge in [0.05, 0.1) is 0 Å². The first kappa shape index (κ1) is 14.7. The highest BCUT2D eigenvalue weighted by Gasteiger charge is 2.18. The van der Waals surface area contributed by atoms with Gasteiger partial charge in [-0.15, -0.1) is 23.7 Å². The van der Waals surface area contributed by atoms with Gasteiger partial charge in [-0.1, -0.05) is 11.6 Å². The molecule has 0 aromatic carbocycles. The first-order chi connectivity index (χ1) is 7.16. The number of rotatable bonds is 2. The number of halogens is 3. The topological polar surface area (TPSA) is 15.3 Å². The molecule has 6 heteroatoms. The highest BCUT2D eigenvalue weighted by Crippen LogP contribution is 2.32. The molecule has 0 bridgehead atoms. The molecule has 1 aliphatic heterocycles. The zero-order valence-corrected chi connectivity index (χ0v) is 13.0. The molecule has 0 radical (unpaired) electrons. The van der Waals surface area contributed by atoms with Crippen molar-refractivity contribution in [3.05, 3.63) is 19.8 Å². The van der Waals surface area contributed by atoms with Gasteiger partial charge in [-0.3, -0.25) is 4.90 Å². The summed E-state index contributed by atoms with van der Waals surface area (Å²) in [7, 11) is 0. The van der Waals surface area contributed by atoms with Gasteiger partial charge in [-0.05, 0) is 28.9 Å². The average molecular weight is 346 g/mol. The fourth-order valence-electron chi connectivity index (χ4n) is 1.79. The smallest absolute Gasteiger partial charge is 0.107 e. The quantitative estimate of drug-likeness (QED) is 0.883. The minimum atomic E-state index is 0. The van der Waals surface area contributed by atoms with Crippen LogP contribution in [0, 0.1) is 0 Å². The minimum absolute atomic E-state index is 0. The third kappa shape index (κ3) is 3.59. The summed E-state index contributed by atoms with van der Waals surface area (Å²) in [5.74, 6) is 0. The molecule has 1 fully saturated rings. The summed E-state index contributed by atoms with van der Waals surface area (Å²) >= 11 is 11.1. The van der Waals surface area contributed by atoms with Gasteiger partial charge < -0.3 is 5.32 Å². The number of nitrogens with zero attached hydrogens (tertiary/aromatic N) is 1. The molecule has 0 aliphatic carbocycles. The Kier molecular flexibility index (Phi) is 6.05. The van der Waals surface area contributed by atoms with Crippen molar-refractivity contribution in [2.45, 2.75) is 19.5 Å². The highest BCUT2D eigenvalue weighted by molar-refractivity contribution is 9.10. The van der Waals surface area contributed by atoms with Crippen molar-refractivity contribution in [3.63, 3.8) is 0 Å². The Morgan fingerprint density at radius 3 is 3.00 bits per heavy atom. The van der Waals surface area contributed by atoms with E-state index >= 15 is 0 Å². The number of hydrogen-bond donors (Lipinski definition) is 1. The number of piperazine rings is 1. The molecule has 1 N–H and O–H groups in total. The lowest BCUT2D eigenvalue weighted by atomic mass is 10.2. The molecular formula is C10H15BrCl2N2S. The zero-order chi connectivity index (χ0) is 10.8. The van der Waals surface area contributed by atoms with Crippen LogP contribution in [-0.4, -0.2) is 30.6 Å². The fourth-order valence-corrected chi connectivity index (χ4v) is 3.60. The van der Waals surface area contributed by atoms with Crippen LogP contribution < -0.4 is 5.32 Å². The summed E-state index contributed by atoms with van der Waals surface area (Å²) in [6.45, 7) is 6.56. The standard InChI is InChI=1S/C10H14BrClN2S.ClH/c1-7-5-13-2-3-14(7)6-8-4-9(11)10(12)15-8;/h4,7,13H,2-3,5-6H2,1H3;1H/t7-;/m1./s1. The molecule has 0 spiro atoms. The van der Waals surface area contributed by atoms with Crippen molar-refractivity contribution in [3.8, 4) is 0 Å². The van der Waals surface area contributed by atoms with E-state index in [9.17, 15) is 0 Å². The van der Waals surface area contributed by atoms with Crippen LogP contribution in [0.1, 0.15) is 11.8 Å². The van der Waals surface area contributed by atoms with Gasteiger partial charge in [0.25, 0.3) is 0 Å². The fraction of sp³-hybridized carbons (Fsp3) is 0.600. The van der Waals surface area contributed by atoms with Crippen LogP contribution in [0.25, 0.3) is 0 Å². The second kappa shape index (κ2) is 6.57. The molecule has 1 aromatic rings. The van der Waals surface area contributed by atoms with Gasteiger partial charge in [0.2, 0.25) is 0 Å². The monoisotopic (exact) mass is 344 g/mol. The summed E-state index contributed by atoms with van der Waals surface area (Å²) in [5.41, 5.74) is 0. The number of hydrogen-bond acceptors (Lipinski definition) is 3. The molecule has 1 aliphatic rings. The molecule has 2 nitrogen and oxygen atoms in total. The summed E-state index contributed by atoms with van der Waals surface area (Å²) in [6.07, 6.45) is 0. The van der Waals surface area contributed by atoms with Gasteiger partial charge >= 0.3 is 0 Å². The third-order valence-corrected chi connectivity index (χ3v) is 5.15. The molecule has 1 saturated heterocycles. The SMILES string of the molecule is C[C@@H]1CNCCN1Cc1cc(Br)c(Cl)s1.Cl. The third-order valence-electron chi connectivity index (χ3n) is 2.69. The average Bonchev–Trinajstić information content (AvgIpc) is 2.50. The van der Waals surface area contributed by atoms with E-state index in [0.29, 0.717) is 6.04 Å². The van der Waals surface area contributed by atoms with Gasteiger partial charge in [0.15, 0.2) is 0 Å². The Morgan fingerprint density at radius 2 is 2.44 bits per heavy atom. The van der Waals surface area contributed by atoms with Gasteiger partial charge in [-0.25, -0.2) is 0 Å². The molecule has 2 heterocycles. The van der Waals surface area contributed by atoms with Gasteiger partial charge in [0.1, 0.15) is 4.34 Å². The second-order valence-electron chi connectivity index (χ2n) is 3.86. The van der Waals surface area contributed by atoms with Gasteiger partial charge in [0, 0.05) is 41.6 Å². The van der Waals surface area contributed by atoms with Crippen LogP contribution in [0.4, 0.5) is 0 Å². The van der Waals surface area contributed by atoms with Crippen LogP contribution in [0.2, 0.25) is 4.34 Å². The molecule has 92 valence electrons. The van der Waals surface area contributed by atoms with Crippen LogP contribution in [0.3, 0.4) is 0 Å². The first-order valence-electron chi connectivity index (χ1n) is 5.05. The van der Waals surface area contributed by atoms with E-state index in [1.54, 1.807) is 11.3 Å². The van der Waals surface area contributed by atoms with Crippen LogP contribution in [0.15, 0.2) is 10.5 Å². The summed E-state index contributed by atoms with van der Waals surface area (Å²) in [6, 6.07) is 2.74. The Balaban J connectivity index is 0.00000128. The number of nitrogens with one attached hydrogen (secondary N) is 1. The summed E-state index contributed by atoms with van der Waals surface area (Å²) in [4.78, 5) is 3.83. The molecule has 1 aromatic heterocycles. The first-order valence-corrected chi connectivity index (χ1v) is 7.04. The maximum Gasteiger partial charge on any atom is 0.107 e. The summed E-state index contributed by atoms with van der Waals surface area (Å²) in [5, 5.41) is 3.39. The molecule has 2 rings (SSSR count). The van der Waals surface area contributed by atoms with Crippen LogP contribution in [-0.2, 0) is 6.54 Å². The highest BCUT2D eigenvalue weighted by atomic mass is 79.9. The normalized spacial score (nSPS) is 21.8. The molecule has 0 saturated carbocycles. The van der Waals surface area contributed by atoms with Crippen molar-refractivity contribution in [1.29, 1.82) is 0 Å². The van der Waals surface area contributed by atoms with E-state index in [4.69, 9.17) is 11.6 Å². The zero-order valence-electron chi connectivity index (χ0n) is 9.00. The molecule has 0 unspecified atom stereocenters. The predicted octanol–water partition coefficient (Wildman–Crippen LogP) is 3.38. The summed E-state index contributed by atoms with van der Waals surface area (Å²) < 4.78 is 1.87. The lowest BCUT2D eigenvalue weighted by molar-refractivity contribution is 0.167. The van der Waals surface area contributed by atoms with E-state index in [1.165, 1.54) is 4.88 Å². The van der Waals surface area contributed by atoms with Crippen molar-refractivity contribution in [2.75, 3.05) is 19.6 Å². The lowest BCUT2D eigenvalue weighted by Gasteiger charge is -2.33. The maximum atomic E-state index is 6.02.